The minimum absolute atomic E-state index is 0.323. The Morgan fingerprint density at radius 3 is 2.42 bits per heavy atom. The Morgan fingerprint density at radius 1 is 1.00 bits per heavy atom. The van der Waals surface area contributed by atoms with E-state index in [9.17, 15) is 0 Å². The first kappa shape index (κ1) is 16.2. The zero-order valence-corrected chi connectivity index (χ0v) is 17.4. The first-order valence-corrected chi connectivity index (χ1v) is 11.1. The third kappa shape index (κ3) is 2.24. The molecule has 0 aliphatic carbocycles. The van der Waals surface area contributed by atoms with Crippen molar-refractivity contribution in [2.45, 2.75) is 46.1 Å². The van der Waals surface area contributed by atoms with Gasteiger partial charge in [0.05, 0.1) is 0 Å². The molecule has 0 fully saturated rings. The van der Waals surface area contributed by atoms with E-state index in [1.54, 1.807) is 0 Å². The van der Waals surface area contributed by atoms with Gasteiger partial charge in [0.15, 0.2) is 0 Å². The van der Waals surface area contributed by atoms with E-state index in [1.807, 2.05) is 0 Å². The van der Waals surface area contributed by atoms with Crippen molar-refractivity contribution >= 4 is 34.1 Å². The summed E-state index contributed by atoms with van der Waals surface area (Å²) in [5.74, 6) is 0.988. The summed E-state index contributed by atoms with van der Waals surface area (Å²) in [7, 11) is 0. The summed E-state index contributed by atoms with van der Waals surface area (Å²) in [6, 6.07) is 13.6. The van der Waals surface area contributed by atoms with Crippen LogP contribution in [-0.2, 0) is 6.54 Å². The summed E-state index contributed by atoms with van der Waals surface area (Å²) in [6.07, 6.45) is 2.21. The normalized spacial score (nSPS) is 13.2. The van der Waals surface area contributed by atoms with Crippen LogP contribution in [0.1, 0.15) is 56.2 Å². The van der Waals surface area contributed by atoms with Crippen molar-refractivity contribution in [2.24, 2.45) is 0 Å². The topological polar surface area (TPSA) is 16.8 Å². The zero-order chi connectivity index (χ0) is 18.0. The summed E-state index contributed by atoms with van der Waals surface area (Å²) in [5.41, 5.74) is 8.27. The molecular weight excluding hydrogens is 383 g/mol. The van der Waals surface area contributed by atoms with Gasteiger partial charge in [0.25, 0.3) is 0 Å². The van der Waals surface area contributed by atoms with E-state index in [0.717, 1.165) is 6.54 Å². The maximum absolute atomic E-state index is 5.23. The second-order valence-electron chi connectivity index (χ2n) is 7.92. The molecule has 2 nitrogen and oxygen atoms in total. The summed E-state index contributed by atoms with van der Waals surface area (Å²) in [6.45, 7) is 10.1. The fourth-order valence-electron chi connectivity index (χ4n) is 4.30. The molecule has 1 aliphatic rings. The molecule has 130 valence electrons. The summed E-state index contributed by atoms with van der Waals surface area (Å²) >= 11 is 0.323. The number of hydrogen-bond acceptors (Lipinski definition) is 1. The number of benzene rings is 1. The zero-order valence-electron chi connectivity index (χ0n) is 15.7. The quantitative estimate of drug-likeness (QED) is 0.304. The maximum atomic E-state index is 5.23. The van der Waals surface area contributed by atoms with Crippen molar-refractivity contribution in [3.8, 4) is 11.3 Å². The Kier molecular flexibility index (Phi) is 3.60. The van der Waals surface area contributed by atoms with Crippen molar-refractivity contribution in [1.29, 1.82) is 0 Å². The fraction of sp³-hybridized carbons (Fsp3) is 0.304. The van der Waals surface area contributed by atoms with E-state index in [2.05, 4.69) is 74.9 Å². The molecule has 0 saturated heterocycles. The number of nitrogens with zero attached hydrogens (tertiary/aromatic N) is 2. The average molecular weight is 406 g/mol. The van der Waals surface area contributed by atoms with Crippen molar-refractivity contribution in [2.75, 3.05) is 0 Å². The first-order chi connectivity index (χ1) is 12.5. The molecule has 0 bridgehead atoms. The Labute approximate surface area is 160 Å². The summed E-state index contributed by atoms with van der Waals surface area (Å²) < 4.78 is 5.21. The molecule has 0 unspecified atom stereocenters. The number of pyridine rings is 2. The molecule has 4 aromatic rings. The molecule has 0 atom stereocenters. The van der Waals surface area contributed by atoms with Crippen LogP contribution >= 0.6 is 0 Å². The van der Waals surface area contributed by atoms with Crippen molar-refractivity contribution < 1.29 is 4.57 Å². The molecule has 0 radical (unpaired) electrons. The number of aromatic nitrogens is 2. The molecule has 5 rings (SSSR count). The van der Waals surface area contributed by atoms with Crippen LogP contribution in [0.3, 0.4) is 0 Å². The van der Waals surface area contributed by atoms with Crippen molar-refractivity contribution in [1.82, 2.24) is 4.98 Å². The molecule has 0 spiro atoms. The third-order valence-electron chi connectivity index (χ3n) is 5.52. The van der Waals surface area contributed by atoms with E-state index < -0.39 is 0 Å². The number of rotatable bonds is 3. The van der Waals surface area contributed by atoms with Crippen LogP contribution in [0.4, 0.5) is 0 Å². The van der Waals surface area contributed by atoms with E-state index in [-0.39, 0.29) is 0 Å². The van der Waals surface area contributed by atoms with Gasteiger partial charge in [-0.3, -0.25) is 0 Å². The van der Waals surface area contributed by atoms with Gasteiger partial charge in [-0.25, -0.2) is 0 Å². The molecule has 3 heteroatoms. The van der Waals surface area contributed by atoms with E-state index in [1.165, 1.54) is 47.5 Å². The van der Waals surface area contributed by atoms with Gasteiger partial charge in [-0.05, 0) is 0 Å². The molecule has 0 N–H and O–H groups in total. The van der Waals surface area contributed by atoms with Gasteiger partial charge in [0.1, 0.15) is 0 Å². The Bertz CT molecular complexity index is 1140. The van der Waals surface area contributed by atoms with Gasteiger partial charge in [-0.1, -0.05) is 0 Å². The Morgan fingerprint density at radius 2 is 1.73 bits per heavy atom. The molecule has 26 heavy (non-hydrogen) atoms. The molecule has 1 aromatic carbocycles. The molecule has 0 amide bonds. The van der Waals surface area contributed by atoms with Gasteiger partial charge in [-0.15, -0.1) is 0 Å². The van der Waals surface area contributed by atoms with E-state index >= 15 is 0 Å². The summed E-state index contributed by atoms with van der Waals surface area (Å²) in [4.78, 5) is 5.23. The predicted octanol–water partition coefficient (Wildman–Crippen LogP) is 5.01. The molecule has 1 aliphatic heterocycles. The second kappa shape index (κ2) is 5.77. The van der Waals surface area contributed by atoms with Crippen LogP contribution in [0.5, 0.6) is 0 Å². The monoisotopic (exact) mass is 407 g/mol. The van der Waals surface area contributed by atoms with Gasteiger partial charge in [0.2, 0.25) is 0 Å². The van der Waals surface area contributed by atoms with Crippen LogP contribution < -0.4 is 4.57 Å². The van der Waals surface area contributed by atoms with Crippen LogP contribution in [0.25, 0.3) is 30.8 Å². The van der Waals surface area contributed by atoms with Crippen LogP contribution in [0.15, 0.2) is 42.6 Å². The fourth-order valence-corrected chi connectivity index (χ4v) is 6.70. The number of hydrogen-bond donors (Lipinski definition) is 0. The van der Waals surface area contributed by atoms with Crippen molar-refractivity contribution in [3.63, 3.8) is 0 Å². The Balaban J connectivity index is 1.83. The third-order valence-corrected chi connectivity index (χ3v) is 7.69. The molecule has 4 heterocycles. The second-order valence-corrected chi connectivity index (χ2v) is 10.1. The van der Waals surface area contributed by atoms with E-state index in [0.29, 0.717) is 26.3 Å². The molecular formula is C23H23N2Se+. The minimum atomic E-state index is 0.323. The first-order valence-electron chi connectivity index (χ1n) is 9.42. The SMILES string of the molecule is CC(C)c1cccc(C(C)C)c1-c1cc2c3c(n1)[se]c1ccc[n+](c13)C2. The van der Waals surface area contributed by atoms with Crippen LogP contribution in [0.2, 0.25) is 0 Å². The molecule has 3 aromatic heterocycles. The van der Waals surface area contributed by atoms with Gasteiger partial charge < -0.3 is 0 Å². The van der Waals surface area contributed by atoms with Crippen LogP contribution in [0, 0.1) is 0 Å². The standard InChI is InChI=1S/C23H23N2Se/c1-13(2)16-7-5-8-17(14(3)4)21(16)18-11-15-12-25-10-6-9-19-22(25)20(15)23(24-18)26-19/h5-11,13-14H,12H2,1-4H3/q+1. The van der Waals surface area contributed by atoms with Gasteiger partial charge in [0, 0.05) is 0 Å². The average Bonchev–Trinajstić information content (AvgIpc) is 3.19. The van der Waals surface area contributed by atoms with Gasteiger partial charge >= 0.3 is 160 Å². The van der Waals surface area contributed by atoms with Gasteiger partial charge in [-0.2, -0.15) is 0 Å². The van der Waals surface area contributed by atoms with Crippen molar-refractivity contribution in [3.05, 3.63) is 59.3 Å². The Hall–Kier alpha value is -1.96. The van der Waals surface area contributed by atoms with E-state index in [4.69, 9.17) is 4.98 Å². The molecule has 0 saturated carbocycles. The summed E-state index contributed by atoms with van der Waals surface area (Å²) in [5, 5.41) is 1.43. The predicted molar refractivity (Wildman–Crippen MR) is 109 cm³/mol. The van der Waals surface area contributed by atoms with Crippen LogP contribution in [-0.4, -0.2) is 19.5 Å².